The Morgan fingerprint density at radius 2 is 1.85 bits per heavy atom. The molecule has 4 aliphatic carbocycles. The van der Waals surface area contributed by atoms with E-state index in [2.05, 4.69) is 41.2 Å². The summed E-state index contributed by atoms with van der Waals surface area (Å²) in [5.41, 5.74) is 2.67. The van der Waals surface area contributed by atoms with Gasteiger partial charge in [0.05, 0.1) is 16.6 Å². The van der Waals surface area contributed by atoms with Crippen molar-refractivity contribution in [1.82, 2.24) is 5.32 Å². The summed E-state index contributed by atoms with van der Waals surface area (Å²) in [6, 6.07) is 8.72. The molecule has 4 fully saturated rings. The van der Waals surface area contributed by atoms with Crippen molar-refractivity contribution in [2.75, 3.05) is 7.11 Å². The summed E-state index contributed by atoms with van der Waals surface area (Å²) in [7, 11) is 1.63. The van der Waals surface area contributed by atoms with E-state index in [1.165, 1.54) is 44.6 Å². The minimum atomic E-state index is -0.378. The molecule has 0 heterocycles. The van der Waals surface area contributed by atoms with Crippen LogP contribution in [0, 0.1) is 22.6 Å². The van der Waals surface area contributed by atoms with E-state index in [9.17, 15) is 4.39 Å². The minimum Gasteiger partial charge on any atom is -0.493 e. The average Bonchev–Trinajstić information content (AvgIpc) is 2.70. The molecular weight excluding hydrogens is 505 g/mol. The molecule has 2 unspecified atom stereocenters. The largest absolute Gasteiger partial charge is 0.493 e. The van der Waals surface area contributed by atoms with Crippen molar-refractivity contribution >= 4 is 27.5 Å². The van der Waals surface area contributed by atoms with Crippen LogP contribution in [0.2, 0.25) is 5.02 Å². The Labute approximate surface area is 209 Å². The van der Waals surface area contributed by atoms with Crippen molar-refractivity contribution in [2.45, 2.75) is 71.1 Å². The summed E-state index contributed by atoms with van der Waals surface area (Å²) >= 11 is 9.79. The Kier molecular flexibility index (Phi) is 5.98. The molecule has 6 heteroatoms. The van der Waals surface area contributed by atoms with E-state index in [0.29, 0.717) is 32.9 Å². The highest BCUT2D eigenvalue weighted by molar-refractivity contribution is 9.10. The van der Waals surface area contributed by atoms with E-state index in [0.717, 1.165) is 22.5 Å². The third-order valence-electron chi connectivity index (χ3n) is 8.01. The number of rotatable bonds is 7. The van der Waals surface area contributed by atoms with Gasteiger partial charge in [0.2, 0.25) is 0 Å². The fourth-order valence-corrected chi connectivity index (χ4v) is 8.59. The number of benzene rings is 2. The first-order valence-electron chi connectivity index (χ1n) is 11.8. The molecule has 4 bridgehead atoms. The predicted molar refractivity (Wildman–Crippen MR) is 133 cm³/mol. The van der Waals surface area contributed by atoms with Crippen LogP contribution in [0.1, 0.15) is 63.5 Å². The van der Waals surface area contributed by atoms with Gasteiger partial charge in [-0.05, 0) is 101 Å². The van der Waals surface area contributed by atoms with Crippen molar-refractivity contribution < 1.29 is 13.9 Å². The normalized spacial score (nSPS) is 32.2. The molecule has 4 saturated carbocycles. The van der Waals surface area contributed by atoms with Crippen LogP contribution in [-0.2, 0) is 13.2 Å². The lowest BCUT2D eigenvalue weighted by Crippen LogP contribution is -2.63. The number of hydrogen-bond acceptors (Lipinski definition) is 3. The van der Waals surface area contributed by atoms with Crippen LogP contribution < -0.4 is 14.8 Å². The maximum atomic E-state index is 14.1. The van der Waals surface area contributed by atoms with Crippen LogP contribution in [-0.4, -0.2) is 12.6 Å². The van der Waals surface area contributed by atoms with E-state index in [1.54, 1.807) is 19.2 Å². The Morgan fingerprint density at radius 3 is 2.48 bits per heavy atom. The summed E-state index contributed by atoms with van der Waals surface area (Å²) in [4.78, 5) is 0. The predicted octanol–water partition coefficient (Wildman–Crippen LogP) is 7.67. The summed E-state index contributed by atoms with van der Waals surface area (Å²) < 4.78 is 26.5. The first-order valence-corrected chi connectivity index (χ1v) is 13.0. The highest BCUT2D eigenvalue weighted by Gasteiger charge is 2.59. The molecule has 2 atom stereocenters. The number of hydrogen-bond donors (Lipinski definition) is 1. The molecule has 2 aromatic carbocycles. The lowest BCUT2D eigenvalue weighted by atomic mass is 9.43. The van der Waals surface area contributed by atoms with Gasteiger partial charge in [0.25, 0.3) is 0 Å². The molecule has 2 aromatic rings. The number of nitrogens with one attached hydrogen (secondary N) is 1. The fourth-order valence-electron chi connectivity index (χ4n) is 7.76. The Morgan fingerprint density at radius 1 is 1.12 bits per heavy atom. The van der Waals surface area contributed by atoms with Crippen LogP contribution in [0.4, 0.5) is 4.39 Å². The third-order valence-corrected chi connectivity index (χ3v) is 8.95. The molecule has 4 aliphatic rings. The third kappa shape index (κ3) is 4.53. The monoisotopic (exact) mass is 535 g/mol. The van der Waals surface area contributed by atoms with Gasteiger partial charge in [-0.1, -0.05) is 31.5 Å². The molecule has 0 spiro atoms. The van der Waals surface area contributed by atoms with Gasteiger partial charge in [-0.25, -0.2) is 4.39 Å². The summed E-state index contributed by atoms with van der Waals surface area (Å²) in [6.45, 7) is 5.81. The second-order valence-corrected chi connectivity index (χ2v) is 12.6. The maximum absolute atomic E-state index is 14.1. The van der Waals surface area contributed by atoms with Crippen molar-refractivity contribution in [2.24, 2.45) is 16.7 Å². The molecule has 1 N–H and O–H groups in total. The van der Waals surface area contributed by atoms with E-state index in [1.807, 2.05) is 6.07 Å². The minimum absolute atomic E-state index is 0.0275. The van der Waals surface area contributed by atoms with Crippen LogP contribution in [0.5, 0.6) is 11.5 Å². The van der Waals surface area contributed by atoms with Gasteiger partial charge in [-0.2, -0.15) is 0 Å². The molecule has 178 valence electrons. The molecule has 6 rings (SSSR count). The van der Waals surface area contributed by atoms with Crippen LogP contribution in [0.3, 0.4) is 0 Å². The van der Waals surface area contributed by atoms with Crippen molar-refractivity contribution in [3.05, 3.63) is 56.8 Å². The van der Waals surface area contributed by atoms with Crippen molar-refractivity contribution in [1.29, 1.82) is 0 Å². The lowest BCUT2D eigenvalue weighted by Gasteiger charge is -2.65. The second kappa shape index (κ2) is 8.42. The van der Waals surface area contributed by atoms with Gasteiger partial charge < -0.3 is 14.8 Å². The van der Waals surface area contributed by atoms with Crippen molar-refractivity contribution in [3.8, 4) is 11.5 Å². The fraction of sp³-hybridized carbons (Fsp3) is 0.556. The topological polar surface area (TPSA) is 30.5 Å². The number of halogens is 3. The highest BCUT2D eigenvalue weighted by atomic mass is 79.9. The van der Waals surface area contributed by atoms with Crippen molar-refractivity contribution in [3.63, 3.8) is 0 Å². The average molecular weight is 537 g/mol. The zero-order chi connectivity index (χ0) is 23.4. The number of ether oxygens (including phenoxy) is 2. The van der Waals surface area contributed by atoms with Gasteiger partial charge in [0, 0.05) is 17.6 Å². The Hall–Kier alpha value is -1.30. The van der Waals surface area contributed by atoms with E-state index in [4.69, 9.17) is 21.1 Å². The second-order valence-electron chi connectivity index (χ2n) is 11.4. The standard InChI is InChI=1S/C27H32BrClFNO2/c1-25-9-18-10-26(2,14-25)16-27(11-18,15-25)31-12-17-7-20(28)24(23(8-17)32-3)33-13-19-21(29)5-4-6-22(19)30/h4-8,18,31H,9-16H2,1-3H3. The van der Waals surface area contributed by atoms with Crippen LogP contribution >= 0.6 is 27.5 Å². The molecule has 0 saturated heterocycles. The molecule has 0 aromatic heterocycles. The summed E-state index contributed by atoms with van der Waals surface area (Å²) in [5.74, 6) is 1.65. The van der Waals surface area contributed by atoms with Gasteiger partial charge in [0.1, 0.15) is 12.4 Å². The van der Waals surface area contributed by atoms with E-state index >= 15 is 0 Å². The molecule has 33 heavy (non-hydrogen) atoms. The van der Waals surface area contributed by atoms with Gasteiger partial charge in [-0.3, -0.25) is 0 Å². The van der Waals surface area contributed by atoms with Gasteiger partial charge in [-0.15, -0.1) is 0 Å². The van der Waals surface area contributed by atoms with Gasteiger partial charge >= 0.3 is 0 Å². The maximum Gasteiger partial charge on any atom is 0.175 e. The quantitative estimate of drug-likeness (QED) is 0.394. The highest BCUT2D eigenvalue weighted by Crippen LogP contribution is 2.66. The Balaban J connectivity index is 1.32. The zero-order valence-electron chi connectivity index (χ0n) is 19.6. The SMILES string of the molecule is COc1cc(CNC23CC4CC(C)(CC(C)(C4)C2)C3)cc(Br)c1OCc1c(F)cccc1Cl. The van der Waals surface area contributed by atoms with Gasteiger partial charge in [0.15, 0.2) is 11.5 Å². The Bertz CT molecular complexity index is 1040. The zero-order valence-corrected chi connectivity index (χ0v) is 21.9. The molecule has 3 nitrogen and oxygen atoms in total. The molecule has 0 radical (unpaired) electrons. The molecular formula is C27H32BrClFNO2. The molecule has 0 aliphatic heterocycles. The smallest absolute Gasteiger partial charge is 0.175 e. The van der Waals surface area contributed by atoms with E-state index < -0.39 is 0 Å². The lowest BCUT2D eigenvalue weighted by molar-refractivity contribution is -0.118. The van der Waals surface area contributed by atoms with E-state index in [-0.39, 0.29) is 18.0 Å². The van der Waals surface area contributed by atoms with Crippen LogP contribution in [0.25, 0.3) is 0 Å². The number of methoxy groups -OCH3 is 1. The summed E-state index contributed by atoms with van der Waals surface area (Å²) in [6.07, 6.45) is 8.00. The molecule has 0 amide bonds. The van der Waals surface area contributed by atoms with Crippen LogP contribution in [0.15, 0.2) is 34.8 Å². The first kappa shape index (κ1) is 23.4. The summed E-state index contributed by atoms with van der Waals surface area (Å²) in [5, 5.41) is 4.33. The first-order chi connectivity index (χ1) is 15.6.